The summed E-state index contributed by atoms with van der Waals surface area (Å²) in [6, 6.07) is 9.00. The van der Waals surface area contributed by atoms with Gasteiger partial charge in [-0.3, -0.25) is 4.79 Å². The molecule has 2 rings (SSSR count). The lowest BCUT2D eigenvalue weighted by Gasteiger charge is -2.35. The van der Waals surface area contributed by atoms with Gasteiger partial charge in [-0.15, -0.1) is 0 Å². The Morgan fingerprint density at radius 3 is 2.53 bits per heavy atom. The van der Waals surface area contributed by atoms with Gasteiger partial charge in [-0.2, -0.15) is 0 Å². The molecular weight excluding hydrogens is 220 g/mol. The first kappa shape index (κ1) is 11.8. The summed E-state index contributed by atoms with van der Waals surface area (Å²) in [6.07, 6.45) is 0.405. The van der Waals surface area contributed by atoms with Crippen LogP contribution in [0.1, 0.15) is 30.7 Å². The molecule has 2 N–H and O–H groups in total. The molecule has 90 valence electrons. The Morgan fingerprint density at radius 2 is 1.94 bits per heavy atom. The molecule has 0 spiro atoms. The summed E-state index contributed by atoms with van der Waals surface area (Å²) in [5, 5.41) is 19.4. The smallest absolute Gasteiger partial charge is 0.336 e. The predicted molar refractivity (Wildman–Crippen MR) is 60.6 cm³/mol. The quantitative estimate of drug-likeness (QED) is 0.809. The van der Waals surface area contributed by atoms with E-state index >= 15 is 0 Å². The van der Waals surface area contributed by atoms with Crippen molar-refractivity contribution in [2.24, 2.45) is 0 Å². The van der Waals surface area contributed by atoms with Gasteiger partial charge in [0.15, 0.2) is 5.60 Å². The summed E-state index contributed by atoms with van der Waals surface area (Å²) in [5.74, 6) is -2.03. The van der Waals surface area contributed by atoms with Crippen LogP contribution >= 0.6 is 0 Å². The molecule has 1 saturated carbocycles. The van der Waals surface area contributed by atoms with Gasteiger partial charge in [0, 0.05) is 18.8 Å². The highest BCUT2D eigenvalue weighted by atomic mass is 16.4. The van der Waals surface area contributed by atoms with Crippen LogP contribution in [0.5, 0.6) is 0 Å². The standard InChI is InChI=1S/C13H14O4/c14-10-6-7-11(9-4-2-1-3-5-9)13(17,8-10)12(15)16/h1-5,11,17H,6-8H2,(H,15,16)/t11-,13+/m1/s1. The highest BCUT2D eigenvalue weighted by Crippen LogP contribution is 2.39. The monoisotopic (exact) mass is 234 g/mol. The van der Waals surface area contributed by atoms with Gasteiger partial charge in [-0.1, -0.05) is 30.3 Å². The molecule has 17 heavy (non-hydrogen) atoms. The molecule has 0 amide bonds. The highest BCUT2D eigenvalue weighted by Gasteiger charge is 2.48. The van der Waals surface area contributed by atoms with Crippen LogP contribution in [0.2, 0.25) is 0 Å². The second kappa shape index (κ2) is 4.30. The van der Waals surface area contributed by atoms with Gasteiger partial charge in [0.25, 0.3) is 0 Å². The Morgan fingerprint density at radius 1 is 1.29 bits per heavy atom. The zero-order chi connectivity index (χ0) is 12.5. The van der Waals surface area contributed by atoms with Crippen LogP contribution in [-0.4, -0.2) is 27.6 Å². The number of aliphatic hydroxyl groups is 1. The Kier molecular flexibility index (Phi) is 2.98. The molecule has 1 fully saturated rings. The molecule has 4 nitrogen and oxygen atoms in total. The lowest BCUT2D eigenvalue weighted by atomic mass is 9.71. The third-order valence-corrected chi connectivity index (χ3v) is 3.33. The number of benzene rings is 1. The number of carboxylic acids is 1. The van der Waals surface area contributed by atoms with E-state index < -0.39 is 17.5 Å². The summed E-state index contributed by atoms with van der Waals surface area (Å²) in [6.45, 7) is 0. The van der Waals surface area contributed by atoms with Crippen LogP contribution in [0, 0.1) is 0 Å². The van der Waals surface area contributed by atoms with Gasteiger partial charge in [-0.05, 0) is 12.0 Å². The van der Waals surface area contributed by atoms with Crippen LogP contribution < -0.4 is 0 Å². The fourth-order valence-corrected chi connectivity index (χ4v) is 2.41. The number of Topliss-reactive ketones (excluding diaryl/α,β-unsaturated/α-hetero) is 1. The van der Waals surface area contributed by atoms with Gasteiger partial charge in [-0.25, -0.2) is 4.79 Å². The summed E-state index contributed by atoms with van der Waals surface area (Å²) >= 11 is 0. The number of rotatable bonds is 2. The van der Waals surface area contributed by atoms with Gasteiger partial charge in [0.05, 0.1) is 0 Å². The summed E-state index contributed by atoms with van der Waals surface area (Å²) in [4.78, 5) is 22.5. The first-order valence-electron chi connectivity index (χ1n) is 5.56. The SMILES string of the molecule is O=C1CC[C@H](c2ccccc2)[C@](O)(C(=O)O)C1. The summed E-state index contributed by atoms with van der Waals surface area (Å²) in [5.41, 5.74) is -1.19. The molecule has 2 atom stereocenters. The van der Waals surface area contributed by atoms with E-state index in [2.05, 4.69) is 0 Å². The van der Waals surface area contributed by atoms with Crippen molar-refractivity contribution in [2.75, 3.05) is 0 Å². The highest BCUT2D eigenvalue weighted by molar-refractivity contribution is 5.90. The van der Waals surface area contributed by atoms with E-state index in [0.717, 1.165) is 5.56 Å². The number of carbonyl (C=O) groups excluding carboxylic acids is 1. The second-order valence-corrected chi connectivity index (χ2v) is 4.45. The fraction of sp³-hybridized carbons (Fsp3) is 0.385. The van der Waals surface area contributed by atoms with E-state index in [1.165, 1.54) is 0 Å². The zero-order valence-corrected chi connectivity index (χ0v) is 9.30. The van der Waals surface area contributed by atoms with Crippen LogP contribution in [0.25, 0.3) is 0 Å². The number of carboxylic acid groups (broad SMARTS) is 1. The third kappa shape index (κ3) is 2.08. The molecule has 1 aromatic rings. The molecule has 1 aliphatic rings. The molecule has 0 saturated heterocycles. The molecule has 0 bridgehead atoms. The van der Waals surface area contributed by atoms with Crippen molar-refractivity contribution in [1.29, 1.82) is 0 Å². The van der Waals surface area contributed by atoms with Crippen molar-refractivity contribution in [1.82, 2.24) is 0 Å². The minimum absolute atomic E-state index is 0.193. The lowest BCUT2D eigenvalue weighted by molar-refractivity contribution is -0.167. The molecule has 0 radical (unpaired) electrons. The van der Waals surface area contributed by atoms with E-state index in [0.29, 0.717) is 12.8 Å². The topological polar surface area (TPSA) is 74.6 Å². The summed E-state index contributed by atoms with van der Waals surface area (Å²) in [7, 11) is 0. The first-order valence-corrected chi connectivity index (χ1v) is 5.56. The van der Waals surface area contributed by atoms with Crippen LogP contribution in [0.15, 0.2) is 30.3 Å². The van der Waals surface area contributed by atoms with Crippen molar-refractivity contribution in [2.45, 2.75) is 30.8 Å². The Balaban J connectivity index is 2.38. The molecule has 0 heterocycles. The maximum atomic E-state index is 11.3. The predicted octanol–water partition coefficient (Wildman–Crippen LogP) is 1.34. The molecule has 1 aromatic carbocycles. The van der Waals surface area contributed by atoms with Crippen molar-refractivity contribution in [3.8, 4) is 0 Å². The van der Waals surface area contributed by atoms with Gasteiger partial charge >= 0.3 is 5.97 Å². The first-order chi connectivity index (χ1) is 8.04. The maximum Gasteiger partial charge on any atom is 0.336 e. The van der Waals surface area contributed by atoms with E-state index in [4.69, 9.17) is 5.11 Å². The number of hydrogen-bond acceptors (Lipinski definition) is 3. The molecule has 0 unspecified atom stereocenters. The van der Waals surface area contributed by atoms with Crippen LogP contribution in [-0.2, 0) is 9.59 Å². The Labute approximate surface area is 98.9 Å². The van der Waals surface area contributed by atoms with Crippen molar-refractivity contribution in [3.05, 3.63) is 35.9 Å². The minimum Gasteiger partial charge on any atom is -0.479 e. The zero-order valence-electron chi connectivity index (χ0n) is 9.30. The average Bonchev–Trinajstić information content (AvgIpc) is 2.30. The van der Waals surface area contributed by atoms with Gasteiger partial charge < -0.3 is 10.2 Å². The van der Waals surface area contributed by atoms with Crippen molar-refractivity contribution < 1.29 is 19.8 Å². The molecular formula is C13H14O4. The van der Waals surface area contributed by atoms with Crippen LogP contribution in [0.4, 0.5) is 0 Å². The number of hydrogen-bond donors (Lipinski definition) is 2. The molecule has 0 aromatic heterocycles. The minimum atomic E-state index is -1.96. The molecule has 4 heteroatoms. The fourth-order valence-electron chi connectivity index (χ4n) is 2.41. The Hall–Kier alpha value is -1.68. The van der Waals surface area contributed by atoms with E-state index in [-0.39, 0.29) is 12.2 Å². The third-order valence-electron chi connectivity index (χ3n) is 3.33. The van der Waals surface area contributed by atoms with Crippen molar-refractivity contribution >= 4 is 11.8 Å². The molecule has 1 aliphatic carbocycles. The van der Waals surface area contributed by atoms with E-state index in [1.807, 2.05) is 6.07 Å². The largest absolute Gasteiger partial charge is 0.479 e. The van der Waals surface area contributed by atoms with E-state index in [9.17, 15) is 14.7 Å². The van der Waals surface area contributed by atoms with Crippen molar-refractivity contribution in [3.63, 3.8) is 0 Å². The average molecular weight is 234 g/mol. The normalized spacial score (nSPS) is 29.0. The van der Waals surface area contributed by atoms with Gasteiger partial charge in [0.2, 0.25) is 0 Å². The number of aliphatic carboxylic acids is 1. The maximum absolute atomic E-state index is 11.3. The van der Waals surface area contributed by atoms with Gasteiger partial charge in [0.1, 0.15) is 5.78 Å². The van der Waals surface area contributed by atoms with Crippen LogP contribution in [0.3, 0.4) is 0 Å². The Bertz CT molecular complexity index is 440. The van der Waals surface area contributed by atoms with E-state index in [1.54, 1.807) is 24.3 Å². The lowest BCUT2D eigenvalue weighted by Crippen LogP contribution is -2.49. The second-order valence-electron chi connectivity index (χ2n) is 4.45. The molecule has 0 aliphatic heterocycles. The number of ketones is 1. The summed E-state index contributed by atoms with van der Waals surface area (Å²) < 4.78 is 0. The number of carbonyl (C=O) groups is 2.